The number of hydrogen-bond acceptors (Lipinski definition) is 5. The van der Waals surface area contributed by atoms with Crippen molar-refractivity contribution >= 4 is 17.8 Å². The van der Waals surface area contributed by atoms with E-state index < -0.39 is 0 Å². The van der Waals surface area contributed by atoms with Gasteiger partial charge in [0.2, 0.25) is 5.91 Å². The molecule has 6 heteroatoms. The summed E-state index contributed by atoms with van der Waals surface area (Å²) in [6, 6.07) is 0. The van der Waals surface area contributed by atoms with E-state index in [1.165, 1.54) is 77.0 Å². The van der Waals surface area contributed by atoms with Gasteiger partial charge in [-0.2, -0.15) is 0 Å². The molecular weight excluding hydrogens is 574 g/mol. The summed E-state index contributed by atoms with van der Waals surface area (Å²) >= 11 is 0. The molecule has 0 aromatic rings. The first-order valence-electron chi connectivity index (χ1n) is 19.6. The summed E-state index contributed by atoms with van der Waals surface area (Å²) in [5.74, 6) is -0.619. The van der Waals surface area contributed by atoms with Crippen molar-refractivity contribution in [3.63, 3.8) is 0 Å². The van der Waals surface area contributed by atoms with Crippen LogP contribution in [0.1, 0.15) is 189 Å². The van der Waals surface area contributed by atoms with E-state index in [0.717, 1.165) is 77.0 Å². The third-order valence-corrected chi connectivity index (χ3v) is 9.15. The van der Waals surface area contributed by atoms with Gasteiger partial charge in [0.15, 0.2) is 0 Å². The maximum Gasteiger partial charge on any atom is 0.308 e. The minimum atomic E-state index is -0.195. The molecule has 0 N–H and O–H groups in total. The molecule has 0 radical (unpaired) electrons. The maximum atomic E-state index is 13.1. The quantitative estimate of drug-likeness (QED) is 0.0402. The van der Waals surface area contributed by atoms with Crippen LogP contribution in [0.4, 0.5) is 0 Å². The van der Waals surface area contributed by atoms with Crippen LogP contribution >= 0.6 is 0 Å². The molecule has 0 aliphatic heterocycles. The zero-order valence-electron chi connectivity index (χ0n) is 31.1. The molecule has 0 fully saturated rings. The van der Waals surface area contributed by atoms with Gasteiger partial charge in [-0.05, 0) is 32.6 Å². The van der Waals surface area contributed by atoms with E-state index in [4.69, 9.17) is 9.47 Å². The number of carbonyl (C=O) groups excluding carboxylic acids is 3. The molecule has 0 unspecified atom stereocenters. The Labute approximate surface area is 285 Å². The highest BCUT2D eigenvalue weighted by atomic mass is 16.5. The number of rotatable bonds is 33. The number of unbranched alkanes of at least 4 members (excludes halogenated alkanes) is 16. The summed E-state index contributed by atoms with van der Waals surface area (Å²) in [5, 5.41) is 0. The highest BCUT2D eigenvalue weighted by Gasteiger charge is 2.23. The van der Waals surface area contributed by atoms with Gasteiger partial charge in [-0.15, -0.1) is 0 Å². The minimum Gasteiger partial charge on any atom is -0.464 e. The highest BCUT2D eigenvalue weighted by molar-refractivity contribution is 5.92. The van der Waals surface area contributed by atoms with Gasteiger partial charge in [0.1, 0.15) is 13.2 Å². The normalized spacial score (nSPS) is 11.3. The fraction of sp³-hybridized carbons (Fsp3) is 0.875. The van der Waals surface area contributed by atoms with Gasteiger partial charge < -0.3 is 14.4 Å². The van der Waals surface area contributed by atoms with Crippen molar-refractivity contribution in [1.29, 1.82) is 0 Å². The van der Waals surface area contributed by atoms with Crippen molar-refractivity contribution in [3.8, 4) is 0 Å². The molecule has 0 aromatic heterocycles. The van der Waals surface area contributed by atoms with Crippen LogP contribution in [-0.4, -0.2) is 49.0 Å². The van der Waals surface area contributed by atoms with Crippen molar-refractivity contribution in [2.24, 2.45) is 11.8 Å². The summed E-state index contributed by atoms with van der Waals surface area (Å²) in [6.45, 7) is 15.2. The number of carbonyl (C=O) groups is 3. The average Bonchev–Trinajstić information content (AvgIpc) is 3.04. The van der Waals surface area contributed by atoms with Crippen molar-refractivity contribution in [2.75, 3.05) is 26.3 Å². The third-order valence-electron chi connectivity index (χ3n) is 9.15. The van der Waals surface area contributed by atoms with Gasteiger partial charge in [-0.25, -0.2) is 0 Å². The zero-order chi connectivity index (χ0) is 34.3. The van der Waals surface area contributed by atoms with Crippen LogP contribution < -0.4 is 0 Å². The second-order valence-electron chi connectivity index (χ2n) is 13.6. The van der Waals surface area contributed by atoms with E-state index in [-0.39, 0.29) is 56.0 Å². The molecule has 0 heterocycles. The van der Waals surface area contributed by atoms with Crippen molar-refractivity contribution < 1.29 is 23.9 Å². The molecule has 0 aliphatic carbocycles. The second-order valence-corrected chi connectivity index (χ2v) is 13.6. The Kier molecular flexibility index (Phi) is 30.5. The summed E-state index contributed by atoms with van der Waals surface area (Å²) in [5.41, 5.74) is 0.423. The van der Waals surface area contributed by atoms with Crippen LogP contribution in [0.3, 0.4) is 0 Å². The highest BCUT2D eigenvalue weighted by Crippen LogP contribution is 2.22. The fourth-order valence-electron chi connectivity index (χ4n) is 6.07. The lowest BCUT2D eigenvalue weighted by molar-refractivity contribution is -0.151. The molecule has 46 heavy (non-hydrogen) atoms. The molecule has 6 nitrogen and oxygen atoms in total. The van der Waals surface area contributed by atoms with Crippen LogP contribution in [0.15, 0.2) is 12.2 Å². The largest absolute Gasteiger partial charge is 0.464 e. The number of hydrogen-bond donors (Lipinski definition) is 0. The molecule has 0 aromatic carbocycles. The first-order valence-corrected chi connectivity index (χ1v) is 19.6. The minimum absolute atomic E-state index is 0.0737. The van der Waals surface area contributed by atoms with E-state index >= 15 is 0 Å². The average molecular weight is 650 g/mol. The molecule has 0 saturated heterocycles. The summed E-state index contributed by atoms with van der Waals surface area (Å²) < 4.78 is 11.5. The predicted molar refractivity (Wildman–Crippen MR) is 194 cm³/mol. The van der Waals surface area contributed by atoms with Gasteiger partial charge in [0.05, 0.1) is 24.9 Å². The molecule has 0 aliphatic rings. The predicted octanol–water partition coefficient (Wildman–Crippen LogP) is 11.2. The zero-order valence-corrected chi connectivity index (χ0v) is 31.1. The maximum absolute atomic E-state index is 13.1. The van der Waals surface area contributed by atoms with Crippen molar-refractivity contribution in [1.82, 2.24) is 4.90 Å². The number of ether oxygens (including phenoxy) is 2. The number of nitrogens with zero attached hydrogens (tertiary/aromatic N) is 1. The SMILES string of the molecule is C=C(C)C(=O)N(CCOC(=O)C(CCCCCCC)CCCCCCC)CCOC(=O)C(CCCCCCC)CCCCCCC. The number of esters is 2. The summed E-state index contributed by atoms with van der Waals surface area (Å²) in [6.07, 6.45) is 27.0. The van der Waals surface area contributed by atoms with Gasteiger partial charge in [0, 0.05) is 5.57 Å². The van der Waals surface area contributed by atoms with Crippen LogP contribution in [0, 0.1) is 11.8 Å². The molecule has 0 saturated carbocycles. The first kappa shape index (κ1) is 44.1. The monoisotopic (exact) mass is 650 g/mol. The van der Waals surface area contributed by atoms with Crippen molar-refractivity contribution in [2.45, 2.75) is 189 Å². The Morgan fingerprint density at radius 2 is 0.783 bits per heavy atom. The molecule has 270 valence electrons. The van der Waals surface area contributed by atoms with E-state index in [0.29, 0.717) is 5.57 Å². The Balaban J connectivity index is 4.99. The topological polar surface area (TPSA) is 72.9 Å². The molecule has 0 rings (SSSR count). The lowest BCUT2D eigenvalue weighted by Gasteiger charge is -2.24. The fourth-order valence-corrected chi connectivity index (χ4v) is 6.07. The first-order chi connectivity index (χ1) is 22.3. The van der Waals surface area contributed by atoms with Crippen LogP contribution in [-0.2, 0) is 23.9 Å². The van der Waals surface area contributed by atoms with Crippen LogP contribution in [0.25, 0.3) is 0 Å². The van der Waals surface area contributed by atoms with Gasteiger partial charge in [0.25, 0.3) is 0 Å². The van der Waals surface area contributed by atoms with Gasteiger partial charge in [-0.3, -0.25) is 14.4 Å². The summed E-state index contributed by atoms with van der Waals surface area (Å²) in [4.78, 5) is 40.8. The van der Waals surface area contributed by atoms with Gasteiger partial charge in [-0.1, -0.05) is 163 Å². The smallest absolute Gasteiger partial charge is 0.308 e. The molecule has 0 bridgehead atoms. The van der Waals surface area contributed by atoms with Gasteiger partial charge >= 0.3 is 11.9 Å². The van der Waals surface area contributed by atoms with Crippen LogP contribution in [0.5, 0.6) is 0 Å². The van der Waals surface area contributed by atoms with E-state index in [9.17, 15) is 14.4 Å². The summed E-state index contributed by atoms with van der Waals surface area (Å²) in [7, 11) is 0. The Hall–Kier alpha value is -1.85. The van der Waals surface area contributed by atoms with Crippen LogP contribution in [0.2, 0.25) is 0 Å². The van der Waals surface area contributed by atoms with Crippen molar-refractivity contribution in [3.05, 3.63) is 12.2 Å². The third kappa shape index (κ3) is 24.3. The number of amides is 1. The van der Waals surface area contributed by atoms with E-state index in [1.807, 2.05) is 0 Å². The lowest BCUT2D eigenvalue weighted by atomic mass is 9.94. The van der Waals surface area contributed by atoms with E-state index in [1.54, 1.807) is 11.8 Å². The Morgan fingerprint density at radius 3 is 1.04 bits per heavy atom. The molecule has 0 atom stereocenters. The second kappa shape index (κ2) is 31.7. The Bertz CT molecular complexity index is 689. The Morgan fingerprint density at radius 1 is 0.500 bits per heavy atom. The molecular formula is C40H75NO5. The molecule has 0 spiro atoms. The lowest BCUT2D eigenvalue weighted by Crippen LogP contribution is -2.38. The molecule has 1 amide bonds. The van der Waals surface area contributed by atoms with E-state index in [2.05, 4.69) is 34.3 Å². The standard InChI is InChI=1S/C40H75NO5/c1-7-11-15-19-23-27-36(28-24-20-16-12-8-2)39(43)45-33-31-41(38(42)35(5)6)32-34-46-40(44)37(29-25-21-17-13-9-3)30-26-22-18-14-10-4/h36-37H,5,7-34H2,1-4,6H3.